The van der Waals surface area contributed by atoms with E-state index in [1.165, 1.54) is 18.2 Å². The predicted octanol–water partition coefficient (Wildman–Crippen LogP) is 15.6. The molecule has 10 aromatic rings. The number of alkyl halides is 9. The molecule has 0 N–H and O–H groups in total. The fourth-order valence-corrected chi connectivity index (χ4v) is 8.99. The van der Waals surface area contributed by atoms with Crippen LogP contribution in [0.25, 0.3) is 88.4 Å². The summed E-state index contributed by atoms with van der Waals surface area (Å²) in [4.78, 5) is 0. The van der Waals surface area contributed by atoms with E-state index >= 15 is 0 Å². The van der Waals surface area contributed by atoms with E-state index in [1.54, 1.807) is 89.5 Å². The van der Waals surface area contributed by atoms with Crippen molar-refractivity contribution in [3.8, 4) is 63.0 Å². The summed E-state index contributed by atoms with van der Waals surface area (Å²) in [5.41, 5.74) is 0.202. The fraction of sp³-hybridized carbons (Fsp3) is 0.0556. The van der Waals surface area contributed by atoms with E-state index in [0.29, 0.717) is 78.4 Å². The third-order valence-electron chi connectivity index (χ3n) is 12.0. The zero-order valence-corrected chi connectivity index (χ0v) is 34.6. The second-order valence-corrected chi connectivity index (χ2v) is 16.1. The van der Waals surface area contributed by atoms with Crippen LogP contribution in [0, 0.1) is 34.0 Å². The quantitative estimate of drug-likeness (QED) is 0.161. The molecule has 8 aromatic carbocycles. The number of aromatic nitrogens is 2. The molecule has 2 aromatic heterocycles. The van der Waals surface area contributed by atoms with Crippen molar-refractivity contribution in [2.45, 2.75) is 18.5 Å². The van der Waals surface area contributed by atoms with Gasteiger partial charge in [-0.3, -0.25) is 0 Å². The minimum atomic E-state index is -5.09. The van der Waals surface area contributed by atoms with Crippen molar-refractivity contribution >= 4 is 43.6 Å². The number of para-hydroxylation sites is 2. The zero-order chi connectivity index (χ0) is 47.9. The molecule has 10 rings (SSSR count). The van der Waals surface area contributed by atoms with Crippen molar-refractivity contribution in [2.75, 3.05) is 0 Å². The molecule has 0 bridgehead atoms. The average molecular weight is 916 g/mol. The Labute approximate surface area is 379 Å². The summed E-state index contributed by atoms with van der Waals surface area (Å²) in [6.07, 6.45) is -14.9. The first-order valence-corrected chi connectivity index (χ1v) is 20.5. The van der Waals surface area contributed by atoms with Gasteiger partial charge in [0.25, 0.3) is 0 Å². The monoisotopic (exact) mass is 915 g/mol. The number of fused-ring (bicyclic) bond motifs is 6. The molecule has 0 atom stereocenters. The standard InChI is InChI=1S/C54H26F9N5/c55-52(56,57)38-18-31(28-65)17-35(19-38)32-12-14-43-41-8-1-3-10-46(41)67(49(43)22-32)48-26-45(34-7-5-6-30(16-34)27-64)51(24-37(48)29-66)68-47-11-4-2-9-42(47)44-15-13-33(23-50(44)68)36-20-39(53(58,59)60)25-40(21-36)54(61,62)63/h1-26H. The number of benzene rings is 8. The molecule has 330 valence electrons. The maximum Gasteiger partial charge on any atom is 0.416 e. The number of halogens is 9. The van der Waals surface area contributed by atoms with Gasteiger partial charge in [-0.1, -0.05) is 72.8 Å². The van der Waals surface area contributed by atoms with E-state index in [0.717, 1.165) is 17.5 Å². The molecule has 0 fully saturated rings. The molecule has 0 aliphatic carbocycles. The number of rotatable bonds is 5. The van der Waals surface area contributed by atoms with Crippen LogP contribution in [0.2, 0.25) is 0 Å². The second kappa shape index (κ2) is 15.7. The van der Waals surface area contributed by atoms with Gasteiger partial charge in [0.05, 0.1) is 79.0 Å². The van der Waals surface area contributed by atoms with Gasteiger partial charge in [0.1, 0.15) is 6.07 Å². The summed E-state index contributed by atoms with van der Waals surface area (Å²) >= 11 is 0. The van der Waals surface area contributed by atoms with Crippen molar-refractivity contribution < 1.29 is 39.5 Å². The molecular formula is C54H26F9N5. The van der Waals surface area contributed by atoms with E-state index in [2.05, 4.69) is 12.1 Å². The Kier molecular flexibility index (Phi) is 9.94. The van der Waals surface area contributed by atoms with Crippen LogP contribution in [0.4, 0.5) is 39.5 Å². The molecule has 0 amide bonds. The summed E-state index contributed by atoms with van der Waals surface area (Å²) in [6.45, 7) is 0. The molecule has 0 radical (unpaired) electrons. The van der Waals surface area contributed by atoms with Gasteiger partial charge in [0, 0.05) is 27.1 Å². The smallest absolute Gasteiger partial charge is 0.309 e. The normalized spacial score (nSPS) is 12.1. The van der Waals surface area contributed by atoms with E-state index in [4.69, 9.17) is 0 Å². The number of nitriles is 3. The molecule has 2 heterocycles. The van der Waals surface area contributed by atoms with Gasteiger partial charge < -0.3 is 9.13 Å². The van der Waals surface area contributed by atoms with Crippen LogP contribution in [-0.4, -0.2) is 9.13 Å². The predicted molar refractivity (Wildman–Crippen MR) is 241 cm³/mol. The molecule has 68 heavy (non-hydrogen) atoms. The fourth-order valence-electron chi connectivity index (χ4n) is 8.99. The lowest BCUT2D eigenvalue weighted by molar-refractivity contribution is -0.143. The highest BCUT2D eigenvalue weighted by molar-refractivity contribution is 6.12. The van der Waals surface area contributed by atoms with Crippen LogP contribution in [0.15, 0.2) is 158 Å². The molecule has 0 saturated carbocycles. The van der Waals surface area contributed by atoms with E-state index in [-0.39, 0.29) is 39.4 Å². The lowest BCUT2D eigenvalue weighted by Gasteiger charge is -2.19. The van der Waals surface area contributed by atoms with Crippen LogP contribution >= 0.6 is 0 Å². The van der Waals surface area contributed by atoms with Crippen LogP contribution in [-0.2, 0) is 18.5 Å². The molecule has 5 nitrogen and oxygen atoms in total. The van der Waals surface area contributed by atoms with Gasteiger partial charge in [-0.2, -0.15) is 55.3 Å². The second-order valence-electron chi connectivity index (χ2n) is 16.1. The molecule has 0 spiro atoms. The summed E-state index contributed by atoms with van der Waals surface area (Å²) in [7, 11) is 0. The van der Waals surface area contributed by atoms with E-state index in [9.17, 15) is 55.3 Å². The minimum Gasteiger partial charge on any atom is -0.309 e. The number of hydrogen-bond acceptors (Lipinski definition) is 3. The average Bonchev–Trinajstić information content (AvgIpc) is 3.84. The van der Waals surface area contributed by atoms with Crippen LogP contribution in [0.3, 0.4) is 0 Å². The maximum absolute atomic E-state index is 14.1. The first kappa shape index (κ1) is 43.1. The topological polar surface area (TPSA) is 81.2 Å². The number of nitrogens with zero attached hydrogens (tertiary/aromatic N) is 5. The van der Waals surface area contributed by atoms with Crippen molar-refractivity contribution in [3.63, 3.8) is 0 Å². The largest absolute Gasteiger partial charge is 0.416 e. The van der Waals surface area contributed by atoms with Crippen molar-refractivity contribution in [1.29, 1.82) is 15.8 Å². The minimum absolute atomic E-state index is 0.0482. The van der Waals surface area contributed by atoms with Gasteiger partial charge >= 0.3 is 18.5 Å². The SMILES string of the molecule is N#Cc1cccc(-c2cc(-n3c4ccccc4c4ccc(-c5cc(C#N)cc(C(F)(F)F)c5)cc43)c(C#N)cc2-n2c3ccccc3c3ccc(-c4cc(C(F)(F)F)cc(C(F)(F)F)c4)cc32)c1. The molecular weight excluding hydrogens is 890 g/mol. The molecule has 14 heteroatoms. The van der Waals surface area contributed by atoms with Crippen LogP contribution in [0.1, 0.15) is 33.4 Å². The molecule has 0 saturated heterocycles. The van der Waals surface area contributed by atoms with Gasteiger partial charge in [0.2, 0.25) is 0 Å². The van der Waals surface area contributed by atoms with Gasteiger partial charge in [0.15, 0.2) is 0 Å². The Bertz CT molecular complexity index is 3840. The lowest BCUT2D eigenvalue weighted by atomic mass is 9.97. The van der Waals surface area contributed by atoms with Crippen molar-refractivity contribution in [3.05, 3.63) is 191 Å². The van der Waals surface area contributed by atoms with E-state index in [1.807, 2.05) is 34.9 Å². The maximum atomic E-state index is 14.1. The summed E-state index contributed by atoms with van der Waals surface area (Å²) in [5.74, 6) is 0. The summed E-state index contributed by atoms with van der Waals surface area (Å²) in [5, 5.41) is 33.5. The third kappa shape index (κ3) is 7.31. The first-order chi connectivity index (χ1) is 32.4. The Morgan fingerprint density at radius 2 is 0.809 bits per heavy atom. The van der Waals surface area contributed by atoms with Gasteiger partial charge in [-0.15, -0.1) is 0 Å². The first-order valence-electron chi connectivity index (χ1n) is 20.5. The highest BCUT2D eigenvalue weighted by atomic mass is 19.4. The number of hydrogen-bond donors (Lipinski definition) is 0. The Morgan fingerprint density at radius 3 is 1.32 bits per heavy atom. The van der Waals surface area contributed by atoms with E-state index < -0.39 is 35.2 Å². The van der Waals surface area contributed by atoms with Crippen LogP contribution < -0.4 is 0 Å². The molecule has 0 unspecified atom stereocenters. The highest BCUT2D eigenvalue weighted by Crippen LogP contribution is 2.44. The van der Waals surface area contributed by atoms with Crippen molar-refractivity contribution in [1.82, 2.24) is 9.13 Å². The van der Waals surface area contributed by atoms with Crippen molar-refractivity contribution in [2.24, 2.45) is 0 Å². The molecule has 0 aliphatic rings. The Hall–Kier alpha value is -8.80. The highest BCUT2D eigenvalue weighted by Gasteiger charge is 2.37. The summed E-state index contributed by atoms with van der Waals surface area (Å²) < 4.78 is 130. The molecule has 0 aliphatic heterocycles. The van der Waals surface area contributed by atoms with Crippen LogP contribution in [0.5, 0.6) is 0 Å². The summed E-state index contributed by atoms with van der Waals surface area (Å²) in [6, 6.07) is 44.9. The Balaban J connectivity index is 1.28. The lowest BCUT2D eigenvalue weighted by Crippen LogP contribution is -2.11. The Morgan fingerprint density at radius 1 is 0.338 bits per heavy atom. The third-order valence-corrected chi connectivity index (χ3v) is 12.0. The van der Waals surface area contributed by atoms with Gasteiger partial charge in [-0.05, 0) is 113 Å². The zero-order valence-electron chi connectivity index (χ0n) is 34.6. The van der Waals surface area contributed by atoms with Gasteiger partial charge in [-0.25, -0.2) is 0 Å².